The van der Waals surface area contributed by atoms with Gasteiger partial charge in [0.1, 0.15) is 6.61 Å². The third kappa shape index (κ3) is 7.23. The summed E-state index contributed by atoms with van der Waals surface area (Å²) < 4.78 is 12.1. The van der Waals surface area contributed by atoms with E-state index in [1.807, 2.05) is 30.3 Å². The lowest BCUT2D eigenvalue weighted by atomic mass is 10.2. The second kappa shape index (κ2) is 11.7. The van der Waals surface area contributed by atoms with Gasteiger partial charge in [-0.1, -0.05) is 35.5 Å². The molecule has 1 N–H and O–H groups in total. The van der Waals surface area contributed by atoms with E-state index in [9.17, 15) is 4.79 Å². The third-order valence-electron chi connectivity index (χ3n) is 3.83. The topological polar surface area (TPSA) is 85.7 Å². The van der Waals surface area contributed by atoms with Crippen LogP contribution in [0.15, 0.2) is 69.6 Å². The first-order chi connectivity index (χ1) is 15.0. The van der Waals surface area contributed by atoms with Gasteiger partial charge >= 0.3 is 0 Å². The van der Waals surface area contributed by atoms with Gasteiger partial charge in [0.25, 0.3) is 5.91 Å². The molecule has 7 nitrogen and oxygen atoms in total. The Labute approximate surface area is 197 Å². The Hall–Kier alpha value is -2.62. The number of benzene rings is 2. The first kappa shape index (κ1) is 23.1. The van der Waals surface area contributed by atoms with Crippen LogP contribution in [-0.2, 0) is 11.4 Å². The van der Waals surface area contributed by atoms with E-state index >= 15 is 0 Å². The number of amides is 1. The highest BCUT2D eigenvalue weighted by Gasteiger charge is 2.12. The van der Waals surface area contributed by atoms with Crippen molar-refractivity contribution < 1.29 is 14.3 Å². The maximum absolute atomic E-state index is 11.9. The molecule has 31 heavy (non-hydrogen) atoms. The highest BCUT2D eigenvalue weighted by Crippen LogP contribution is 2.36. The fraction of sp³-hybridized carbons (Fsp3) is 0.143. The Bertz CT molecular complexity index is 1050. The van der Waals surface area contributed by atoms with Gasteiger partial charge in [-0.2, -0.15) is 5.10 Å². The van der Waals surface area contributed by atoms with Crippen molar-refractivity contribution in [2.45, 2.75) is 11.8 Å². The quantitative estimate of drug-likeness (QED) is 0.190. The van der Waals surface area contributed by atoms with Crippen molar-refractivity contribution in [2.75, 3.05) is 12.9 Å². The summed E-state index contributed by atoms with van der Waals surface area (Å²) in [7, 11) is 1.56. The standard InChI is InChI=1S/C21H18BrClN4O3S/c1-29-18-10-15(11-26-27-19(28)13-31-21-24-7-2-8-25-21)9-17(22)20(18)30-12-14-3-5-16(23)6-4-14/h2-11H,12-13H2,1H3,(H,27,28)/b26-11-. The monoisotopic (exact) mass is 520 g/mol. The van der Waals surface area contributed by atoms with E-state index in [1.54, 1.807) is 31.6 Å². The average Bonchev–Trinajstić information content (AvgIpc) is 2.78. The van der Waals surface area contributed by atoms with Crippen molar-refractivity contribution in [1.29, 1.82) is 0 Å². The van der Waals surface area contributed by atoms with Crippen LogP contribution in [0.25, 0.3) is 0 Å². The van der Waals surface area contributed by atoms with E-state index in [-0.39, 0.29) is 11.7 Å². The minimum Gasteiger partial charge on any atom is -0.493 e. The fourth-order valence-corrected chi connectivity index (χ4v) is 3.69. The number of rotatable bonds is 9. The number of halogens is 2. The predicted molar refractivity (Wildman–Crippen MR) is 125 cm³/mol. The van der Waals surface area contributed by atoms with E-state index in [0.29, 0.717) is 32.8 Å². The van der Waals surface area contributed by atoms with Gasteiger partial charge in [0.2, 0.25) is 0 Å². The van der Waals surface area contributed by atoms with Gasteiger partial charge < -0.3 is 9.47 Å². The largest absolute Gasteiger partial charge is 0.493 e. The Kier molecular flexibility index (Phi) is 8.69. The molecule has 1 heterocycles. The zero-order chi connectivity index (χ0) is 22.1. The number of ether oxygens (including phenoxy) is 2. The summed E-state index contributed by atoms with van der Waals surface area (Å²) in [5.41, 5.74) is 4.18. The number of nitrogens with zero attached hydrogens (tertiary/aromatic N) is 3. The minimum absolute atomic E-state index is 0.159. The molecule has 160 valence electrons. The van der Waals surface area contributed by atoms with E-state index in [2.05, 4.69) is 36.4 Å². The van der Waals surface area contributed by atoms with E-state index in [1.165, 1.54) is 18.0 Å². The van der Waals surface area contributed by atoms with Crippen molar-refractivity contribution in [3.63, 3.8) is 0 Å². The molecule has 0 aliphatic carbocycles. The number of thioether (sulfide) groups is 1. The highest BCUT2D eigenvalue weighted by molar-refractivity contribution is 9.10. The second-order valence-corrected chi connectivity index (χ2v) is 8.30. The second-order valence-electron chi connectivity index (χ2n) is 6.06. The Morgan fingerprint density at radius 3 is 2.71 bits per heavy atom. The average molecular weight is 522 g/mol. The van der Waals surface area contributed by atoms with Crippen LogP contribution in [0, 0.1) is 0 Å². The molecule has 0 saturated carbocycles. The number of carbonyl (C=O) groups is 1. The molecular formula is C21H18BrClN4O3S. The van der Waals surface area contributed by atoms with Crippen molar-refractivity contribution >= 4 is 51.4 Å². The first-order valence-corrected chi connectivity index (χ1v) is 11.2. The fourth-order valence-electron chi connectivity index (χ4n) is 2.39. The summed E-state index contributed by atoms with van der Waals surface area (Å²) in [5, 5.41) is 5.20. The van der Waals surface area contributed by atoms with Gasteiger partial charge in [-0.05, 0) is 57.4 Å². The zero-order valence-electron chi connectivity index (χ0n) is 16.4. The summed E-state index contributed by atoms with van der Waals surface area (Å²) in [6.45, 7) is 0.360. The van der Waals surface area contributed by atoms with Crippen LogP contribution in [0.3, 0.4) is 0 Å². The van der Waals surface area contributed by atoms with Crippen LogP contribution < -0.4 is 14.9 Å². The SMILES string of the molecule is COc1cc(/C=N\NC(=O)CSc2ncccn2)cc(Br)c1OCc1ccc(Cl)cc1. The van der Waals surface area contributed by atoms with Gasteiger partial charge in [0.05, 0.1) is 23.5 Å². The number of hydrogen-bond acceptors (Lipinski definition) is 7. The number of hydrazone groups is 1. The molecule has 0 radical (unpaired) electrons. The molecule has 0 spiro atoms. The van der Waals surface area contributed by atoms with Crippen molar-refractivity contribution in [2.24, 2.45) is 5.10 Å². The van der Waals surface area contributed by atoms with Crippen molar-refractivity contribution in [3.05, 3.63) is 75.5 Å². The molecule has 10 heteroatoms. The Balaban J connectivity index is 1.58. The molecule has 0 aliphatic heterocycles. The maximum Gasteiger partial charge on any atom is 0.250 e. The maximum atomic E-state index is 11.9. The number of methoxy groups -OCH3 is 1. The van der Waals surface area contributed by atoms with E-state index < -0.39 is 0 Å². The molecule has 2 aromatic carbocycles. The minimum atomic E-state index is -0.261. The smallest absolute Gasteiger partial charge is 0.250 e. The normalized spacial score (nSPS) is 10.8. The Morgan fingerprint density at radius 1 is 1.26 bits per heavy atom. The molecular weight excluding hydrogens is 504 g/mol. The van der Waals surface area contributed by atoms with Crippen LogP contribution in [0.2, 0.25) is 5.02 Å². The van der Waals surface area contributed by atoms with Crippen LogP contribution in [0.4, 0.5) is 0 Å². The molecule has 3 rings (SSSR count). The molecule has 0 fully saturated rings. The summed E-state index contributed by atoms with van der Waals surface area (Å²) in [6, 6.07) is 12.7. The van der Waals surface area contributed by atoms with Crippen LogP contribution in [-0.4, -0.2) is 35.0 Å². The molecule has 0 bridgehead atoms. The summed E-state index contributed by atoms with van der Waals surface area (Å²) in [6.07, 6.45) is 4.77. The number of aromatic nitrogens is 2. The molecule has 0 aliphatic rings. The van der Waals surface area contributed by atoms with Crippen molar-refractivity contribution in [3.8, 4) is 11.5 Å². The molecule has 3 aromatic rings. The van der Waals surface area contributed by atoms with Crippen LogP contribution in [0.5, 0.6) is 11.5 Å². The zero-order valence-corrected chi connectivity index (χ0v) is 19.6. The van der Waals surface area contributed by atoms with Crippen LogP contribution >= 0.6 is 39.3 Å². The first-order valence-electron chi connectivity index (χ1n) is 9.01. The van der Waals surface area contributed by atoms with Crippen LogP contribution in [0.1, 0.15) is 11.1 Å². The molecule has 0 unspecified atom stereocenters. The molecule has 0 saturated heterocycles. The molecule has 1 amide bonds. The van der Waals surface area contributed by atoms with Gasteiger partial charge in [-0.3, -0.25) is 4.79 Å². The molecule has 0 atom stereocenters. The number of hydrogen-bond donors (Lipinski definition) is 1. The van der Waals surface area contributed by atoms with Gasteiger partial charge in [0.15, 0.2) is 16.7 Å². The number of nitrogens with one attached hydrogen (secondary N) is 1. The van der Waals surface area contributed by atoms with E-state index in [4.69, 9.17) is 21.1 Å². The summed E-state index contributed by atoms with van der Waals surface area (Å²) >= 11 is 10.6. The van der Waals surface area contributed by atoms with E-state index in [0.717, 1.165) is 11.1 Å². The third-order valence-corrected chi connectivity index (χ3v) is 5.54. The van der Waals surface area contributed by atoms with Crippen molar-refractivity contribution in [1.82, 2.24) is 15.4 Å². The Morgan fingerprint density at radius 2 is 2.00 bits per heavy atom. The summed E-state index contributed by atoms with van der Waals surface area (Å²) in [4.78, 5) is 20.0. The highest BCUT2D eigenvalue weighted by atomic mass is 79.9. The lowest BCUT2D eigenvalue weighted by Gasteiger charge is -2.13. The van der Waals surface area contributed by atoms with Gasteiger partial charge in [0, 0.05) is 17.4 Å². The number of carbonyl (C=O) groups excluding carboxylic acids is 1. The summed E-state index contributed by atoms with van der Waals surface area (Å²) in [5.74, 6) is 1.000. The predicted octanol–water partition coefficient (Wildman–Crippen LogP) is 4.72. The molecule has 1 aromatic heterocycles. The lowest BCUT2D eigenvalue weighted by Crippen LogP contribution is -2.19. The van der Waals surface area contributed by atoms with Gasteiger partial charge in [-0.15, -0.1) is 0 Å². The van der Waals surface area contributed by atoms with Gasteiger partial charge in [-0.25, -0.2) is 15.4 Å². The lowest BCUT2D eigenvalue weighted by molar-refractivity contribution is -0.118.